The number of carbonyl (C=O) groups is 1. The van der Waals surface area contributed by atoms with Gasteiger partial charge in [-0.3, -0.25) is 4.79 Å². The van der Waals surface area contributed by atoms with Crippen molar-refractivity contribution in [2.75, 3.05) is 44.7 Å². The number of piperazine rings is 1. The Morgan fingerprint density at radius 3 is 2.80 bits per heavy atom. The van der Waals surface area contributed by atoms with E-state index in [0.717, 1.165) is 37.7 Å². The molecule has 1 fully saturated rings. The molecule has 25 heavy (non-hydrogen) atoms. The van der Waals surface area contributed by atoms with Crippen LogP contribution in [0.3, 0.4) is 0 Å². The third-order valence-electron chi connectivity index (χ3n) is 4.65. The van der Waals surface area contributed by atoms with E-state index in [1.807, 2.05) is 31.2 Å². The number of anilines is 1. The van der Waals surface area contributed by atoms with E-state index in [1.165, 1.54) is 10.6 Å². The van der Waals surface area contributed by atoms with Crippen molar-refractivity contribution in [2.45, 2.75) is 13.0 Å². The molecule has 0 unspecified atom stereocenters. The smallest absolute Gasteiger partial charge is 0.275 e. The Balaban J connectivity index is 1.46. The number of benzene rings is 1. The molecule has 0 spiro atoms. The van der Waals surface area contributed by atoms with E-state index in [-0.39, 0.29) is 11.9 Å². The van der Waals surface area contributed by atoms with Gasteiger partial charge >= 0.3 is 0 Å². The third-order valence-corrected chi connectivity index (χ3v) is 4.65. The van der Waals surface area contributed by atoms with Gasteiger partial charge in [-0.15, -0.1) is 0 Å². The molecule has 1 aliphatic heterocycles. The van der Waals surface area contributed by atoms with Crippen molar-refractivity contribution in [3.05, 3.63) is 48.4 Å². The summed E-state index contributed by atoms with van der Waals surface area (Å²) < 4.78 is 10.6. The van der Waals surface area contributed by atoms with Gasteiger partial charge in [0.1, 0.15) is 11.5 Å². The molecule has 134 valence electrons. The molecule has 1 amide bonds. The lowest BCUT2D eigenvalue weighted by Gasteiger charge is -2.33. The molecule has 1 atom stereocenters. The van der Waals surface area contributed by atoms with Gasteiger partial charge in [0.2, 0.25) is 0 Å². The Morgan fingerprint density at radius 2 is 2.12 bits per heavy atom. The normalized spacial score (nSPS) is 16.5. The number of carbonyl (C=O) groups excluding carboxylic acids is 1. The fourth-order valence-electron chi connectivity index (χ4n) is 3.19. The van der Waals surface area contributed by atoms with Crippen molar-refractivity contribution in [1.29, 1.82) is 0 Å². The fourth-order valence-corrected chi connectivity index (χ4v) is 3.19. The van der Waals surface area contributed by atoms with E-state index in [9.17, 15) is 4.79 Å². The number of hydrogen-bond donors (Lipinski definition) is 2. The van der Waals surface area contributed by atoms with E-state index >= 15 is 0 Å². The second kappa shape index (κ2) is 8.07. The molecular weight excluding hydrogens is 318 g/mol. The van der Waals surface area contributed by atoms with Crippen LogP contribution >= 0.6 is 0 Å². The van der Waals surface area contributed by atoms with E-state index in [2.05, 4.69) is 22.3 Å². The molecule has 1 aromatic heterocycles. The van der Waals surface area contributed by atoms with Crippen molar-refractivity contribution in [3.63, 3.8) is 0 Å². The summed E-state index contributed by atoms with van der Waals surface area (Å²) in [7, 11) is 1.68. The maximum atomic E-state index is 12.2. The second-order valence-corrected chi connectivity index (χ2v) is 6.42. The highest BCUT2D eigenvalue weighted by atomic mass is 16.5. The van der Waals surface area contributed by atoms with Crippen LogP contribution in [0.25, 0.3) is 0 Å². The summed E-state index contributed by atoms with van der Waals surface area (Å²) in [6.07, 6.45) is 1.63. The lowest BCUT2D eigenvalue weighted by atomic mass is 10.2. The Hall–Kier alpha value is -2.47. The number of nitrogens with zero attached hydrogens (tertiary/aromatic N) is 1. The van der Waals surface area contributed by atoms with E-state index < -0.39 is 0 Å². The minimum absolute atomic E-state index is 0.0636. The number of methoxy groups -OCH3 is 1. The van der Waals surface area contributed by atoms with Gasteiger partial charge < -0.3 is 24.3 Å². The highest BCUT2D eigenvalue weighted by Gasteiger charge is 2.23. The van der Waals surface area contributed by atoms with E-state index in [1.54, 1.807) is 13.4 Å². The van der Waals surface area contributed by atoms with Gasteiger partial charge in [-0.25, -0.2) is 0 Å². The minimum Gasteiger partial charge on any atom is -0.497 e. The third kappa shape index (κ3) is 4.54. The molecule has 1 aliphatic rings. The van der Waals surface area contributed by atoms with Gasteiger partial charge in [0.15, 0.2) is 6.54 Å². The highest BCUT2D eigenvalue weighted by Crippen LogP contribution is 2.20. The fraction of sp³-hybridized carbons (Fsp3) is 0.421. The summed E-state index contributed by atoms with van der Waals surface area (Å²) in [6, 6.07) is 11.7. The molecule has 1 saturated heterocycles. The number of ether oxygens (including phenoxy) is 1. The van der Waals surface area contributed by atoms with Crippen molar-refractivity contribution >= 4 is 11.6 Å². The first-order valence-electron chi connectivity index (χ1n) is 8.71. The molecule has 0 saturated carbocycles. The molecule has 6 nitrogen and oxygen atoms in total. The van der Waals surface area contributed by atoms with Crippen molar-refractivity contribution in [3.8, 4) is 5.75 Å². The van der Waals surface area contributed by atoms with Crippen LogP contribution in [0.1, 0.15) is 18.7 Å². The zero-order valence-corrected chi connectivity index (χ0v) is 14.8. The Bertz CT molecular complexity index is 679. The van der Waals surface area contributed by atoms with Gasteiger partial charge in [-0.1, -0.05) is 6.07 Å². The largest absolute Gasteiger partial charge is 0.497 e. The molecule has 2 N–H and O–H groups in total. The molecular formula is C19H26N3O3+. The summed E-state index contributed by atoms with van der Waals surface area (Å²) in [4.78, 5) is 15.9. The summed E-state index contributed by atoms with van der Waals surface area (Å²) >= 11 is 0. The van der Waals surface area contributed by atoms with Crippen molar-refractivity contribution in [2.24, 2.45) is 0 Å². The summed E-state index contributed by atoms with van der Waals surface area (Å²) in [5.74, 6) is 1.72. The van der Waals surface area contributed by atoms with Crippen LogP contribution in [-0.4, -0.2) is 45.7 Å². The zero-order chi connectivity index (χ0) is 17.6. The summed E-state index contributed by atoms with van der Waals surface area (Å²) in [6.45, 7) is 6.19. The number of hydrogen-bond acceptors (Lipinski definition) is 4. The molecule has 1 aromatic carbocycles. The number of furan rings is 1. The predicted octanol–water partition coefficient (Wildman–Crippen LogP) is 0.871. The first-order chi connectivity index (χ1) is 12.2. The van der Waals surface area contributed by atoms with Crippen LogP contribution in [0, 0.1) is 0 Å². The lowest BCUT2D eigenvalue weighted by Crippen LogP contribution is -3.15. The predicted molar refractivity (Wildman–Crippen MR) is 96.0 cm³/mol. The maximum Gasteiger partial charge on any atom is 0.275 e. The van der Waals surface area contributed by atoms with Gasteiger partial charge in [0.25, 0.3) is 5.91 Å². The van der Waals surface area contributed by atoms with Gasteiger partial charge in [0.05, 0.1) is 45.6 Å². The number of rotatable bonds is 6. The molecule has 6 heteroatoms. The van der Waals surface area contributed by atoms with Crippen LogP contribution in [0.5, 0.6) is 5.75 Å². The highest BCUT2D eigenvalue weighted by molar-refractivity contribution is 5.77. The van der Waals surface area contributed by atoms with Crippen molar-refractivity contribution in [1.82, 2.24) is 5.32 Å². The van der Waals surface area contributed by atoms with E-state index in [0.29, 0.717) is 6.54 Å². The SMILES string of the molecule is COc1cccc(N2CC[NH+](CC(=O)N[C@H](C)c3ccco3)CC2)c1. The van der Waals surface area contributed by atoms with Crippen molar-refractivity contribution < 1.29 is 18.8 Å². The number of nitrogens with one attached hydrogen (secondary N) is 2. The van der Waals surface area contributed by atoms with Crippen LogP contribution in [-0.2, 0) is 4.79 Å². The average molecular weight is 344 g/mol. The molecule has 0 aliphatic carbocycles. The lowest BCUT2D eigenvalue weighted by molar-refractivity contribution is -0.892. The monoisotopic (exact) mass is 344 g/mol. The molecule has 2 aromatic rings. The number of quaternary nitrogens is 1. The van der Waals surface area contributed by atoms with Crippen LogP contribution < -0.4 is 19.9 Å². The van der Waals surface area contributed by atoms with E-state index in [4.69, 9.17) is 9.15 Å². The Morgan fingerprint density at radius 1 is 1.32 bits per heavy atom. The first-order valence-corrected chi connectivity index (χ1v) is 8.71. The van der Waals surface area contributed by atoms with Gasteiger partial charge in [-0.2, -0.15) is 0 Å². The Labute approximate surface area is 148 Å². The Kier molecular flexibility index (Phi) is 5.60. The van der Waals surface area contributed by atoms with Gasteiger partial charge in [0, 0.05) is 11.8 Å². The molecule has 0 radical (unpaired) electrons. The van der Waals surface area contributed by atoms with Crippen LogP contribution in [0.4, 0.5) is 5.69 Å². The average Bonchev–Trinajstić information content (AvgIpc) is 3.17. The van der Waals surface area contributed by atoms with Gasteiger partial charge in [-0.05, 0) is 31.2 Å². The topological polar surface area (TPSA) is 59.2 Å². The maximum absolute atomic E-state index is 12.2. The molecule has 2 heterocycles. The molecule has 3 rings (SSSR count). The quantitative estimate of drug-likeness (QED) is 0.816. The zero-order valence-electron chi connectivity index (χ0n) is 14.8. The standard InChI is InChI=1S/C19H25N3O3/c1-15(18-7-4-12-25-18)20-19(23)14-21-8-10-22(11-9-21)16-5-3-6-17(13-16)24-2/h3-7,12-13,15H,8-11,14H2,1-2H3,(H,20,23)/p+1/t15-/m1/s1. The summed E-state index contributed by atoms with van der Waals surface area (Å²) in [5.41, 5.74) is 1.18. The minimum atomic E-state index is -0.0972. The first kappa shape index (κ1) is 17.4. The second-order valence-electron chi connectivity index (χ2n) is 6.42. The van der Waals surface area contributed by atoms with Crippen LogP contribution in [0.15, 0.2) is 47.1 Å². The van der Waals surface area contributed by atoms with Crippen LogP contribution in [0.2, 0.25) is 0 Å². The number of amides is 1. The molecule has 0 bridgehead atoms. The summed E-state index contributed by atoms with van der Waals surface area (Å²) in [5, 5.41) is 3.00.